The van der Waals surface area contributed by atoms with E-state index in [2.05, 4.69) is 10.3 Å². The largest absolute Gasteiger partial charge is 0.384 e. The molecule has 1 fully saturated rings. The van der Waals surface area contributed by atoms with Crippen molar-refractivity contribution in [1.29, 1.82) is 0 Å². The number of anilines is 1. The van der Waals surface area contributed by atoms with Crippen molar-refractivity contribution in [2.75, 3.05) is 25.5 Å². The van der Waals surface area contributed by atoms with Crippen LogP contribution in [0.3, 0.4) is 0 Å². The number of rotatable bonds is 7. The third-order valence-corrected chi connectivity index (χ3v) is 3.04. The van der Waals surface area contributed by atoms with Crippen LogP contribution < -0.4 is 11.1 Å². The highest BCUT2D eigenvalue weighted by Crippen LogP contribution is 2.28. The van der Waals surface area contributed by atoms with Crippen molar-refractivity contribution in [3.05, 3.63) is 23.4 Å². The topological polar surface area (TPSA) is 77.2 Å². The number of aromatic nitrogens is 1. The number of nitrogen functional groups attached to an aromatic ring is 1. The summed E-state index contributed by atoms with van der Waals surface area (Å²) >= 11 is 0. The van der Waals surface area contributed by atoms with Crippen molar-refractivity contribution in [3.63, 3.8) is 0 Å². The fourth-order valence-electron chi connectivity index (χ4n) is 1.84. The van der Waals surface area contributed by atoms with E-state index in [4.69, 9.17) is 10.5 Å². The van der Waals surface area contributed by atoms with Gasteiger partial charge in [0.25, 0.3) is 5.91 Å². The Kier molecular flexibility index (Phi) is 4.74. The lowest BCUT2D eigenvalue weighted by molar-refractivity contribution is 0.0937. The molecule has 19 heavy (non-hydrogen) atoms. The zero-order valence-electron chi connectivity index (χ0n) is 11.3. The summed E-state index contributed by atoms with van der Waals surface area (Å²) in [7, 11) is 0. The van der Waals surface area contributed by atoms with E-state index in [1.165, 1.54) is 12.8 Å². The second kappa shape index (κ2) is 6.52. The van der Waals surface area contributed by atoms with E-state index in [0.717, 1.165) is 24.6 Å². The maximum absolute atomic E-state index is 11.9. The van der Waals surface area contributed by atoms with E-state index in [-0.39, 0.29) is 5.91 Å². The molecule has 0 atom stereocenters. The lowest BCUT2D eigenvalue weighted by Crippen LogP contribution is -2.25. The van der Waals surface area contributed by atoms with Crippen LogP contribution in [-0.2, 0) is 4.74 Å². The highest BCUT2D eigenvalue weighted by Gasteiger charge is 2.20. The molecule has 3 N–H and O–H groups in total. The van der Waals surface area contributed by atoms with E-state index >= 15 is 0 Å². The Balaban J connectivity index is 1.65. The zero-order chi connectivity index (χ0) is 13.7. The quantitative estimate of drug-likeness (QED) is 0.731. The maximum Gasteiger partial charge on any atom is 0.251 e. The normalized spacial score (nSPS) is 14.4. The van der Waals surface area contributed by atoms with Gasteiger partial charge in [0.1, 0.15) is 5.82 Å². The van der Waals surface area contributed by atoms with Gasteiger partial charge in [-0.3, -0.25) is 4.79 Å². The van der Waals surface area contributed by atoms with Crippen LogP contribution in [0.4, 0.5) is 5.82 Å². The fraction of sp³-hybridized carbons (Fsp3) is 0.571. The average Bonchev–Trinajstić information content (AvgIpc) is 3.16. The predicted octanol–water partition coefficient (Wildman–Crippen LogP) is 1.52. The first kappa shape index (κ1) is 13.8. The lowest BCUT2D eigenvalue weighted by Gasteiger charge is -2.07. The van der Waals surface area contributed by atoms with Gasteiger partial charge in [0.15, 0.2) is 0 Å². The lowest BCUT2D eigenvalue weighted by atomic mass is 10.2. The summed E-state index contributed by atoms with van der Waals surface area (Å²) in [5.74, 6) is 1.05. The van der Waals surface area contributed by atoms with Crippen LogP contribution in [0.2, 0.25) is 0 Å². The number of pyridine rings is 1. The zero-order valence-corrected chi connectivity index (χ0v) is 11.3. The van der Waals surface area contributed by atoms with Crippen LogP contribution >= 0.6 is 0 Å². The average molecular weight is 263 g/mol. The predicted molar refractivity (Wildman–Crippen MR) is 73.9 cm³/mol. The van der Waals surface area contributed by atoms with Gasteiger partial charge in [-0.1, -0.05) is 0 Å². The van der Waals surface area contributed by atoms with E-state index in [1.54, 1.807) is 12.1 Å². The van der Waals surface area contributed by atoms with Gasteiger partial charge in [0, 0.05) is 31.0 Å². The molecule has 5 nitrogen and oxygen atoms in total. The number of nitrogens with zero attached hydrogens (tertiary/aromatic N) is 1. The Morgan fingerprint density at radius 2 is 2.32 bits per heavy atom. The van der Waals surface area contributed by atoms with Crippen LogP contribution in [0.15, 0.2) is 12.1 Å². The molecule has 1 amide bonds. The number of ether oxygens (including phenoxy) is 1. The smallest absolute Gasteiger partial charge is 0.251 e. The minimum Gasteiger partial charge on any atom is -0.384 e. The highest BCUT2D eigenvalue weighted by atomic mass is 16.5. The van der Waals surface area contributed by atoms with Crippen molar-refractivity contribution in [3.8, 4) is 0 Å². The number of nitrogens with one attached hydrogen (secondary N) is 1. The molecule has 0 spiro atoms. The van der Waals surface area contributed by atoms with Gasteiger partial charge >= 0.3 is 0 Å². The van der Waals surface area contributed by atoms with E-state index < -0.39 is 0 Å². The number of carbonyl (C=O) groups excluding carboxylic acids is 1. The van der Waals surface area contributed by atoms with Crippen molar-refractivity contribution in [1.82, 2.24) is 10.3 Å². The molecule has 5 heteroatoms. The Labute approximate surface area is 113 Å². The minimum atomic E-state index is -0.112. The second-order valence-electron chi connectivity index (χ2n) is 5.05. The standard InChI is InChI=1S/C14H21N3O2/c1-10-7-12(8-13(15)17-10)14(18)16-5-2-6-19-9-11-3-4-11/h7-8,11H,2-6,9H2,1H3,(H2,15,17)(H,16,18). The van der Waals surface area contributed by atoms with Gasteiger partial charge in [-0.2, -0.15) is 0 Å². The molecule has 1 heterocycles. The molecule has 1 aromatic heterocycles. The van der Waals surface area contributed by atoms with Crippen LogP contribution in [-0.4, -0.2) is 30.6 Å². The van der Waals surface area contributed by atoms with Crippen LogP contribution in [0, 0.1) is 12.8 Å². The molecular weight excluding hydrogens is 242 g/mol. The van der Waals surface area contributed by atoms with Crippen molar-refractivity contribution < 1.29 is 9.53 Å². The van der Waals surface area contributed by atoms with Crippen molar-refractivity contribution >= 4 is 11.7 Å². The molecule has 2 rings (SSSR count). The van der Waals surface area contributed by atoms with E-state index in [1.807, 2.05) is 6.92 Å². The number of hydrogen-bond donors (Lipinski definition) is 2. The van der Waals surface area contributed by atoms with Gasteiger partial charge in [-0.25, -0.2) is 4.98 Å². The first-order valence-corrected chi connectivity index (χ1v) is 6.75. The molecule has 1 aromatic rings. The first-order chi connectivity index (χ1) is 9.15. The molecule has 0 aliphatic heterocycles. The monoisotopic (exact) mass is 263 g/mol. The summed E-state index contributed by atoms with van der Waals surface area (Å²) in [4.78, 5) is 15.9. The van der Waals surface area contributed by atoms with Gasteiger partial charge in [-0.05, 0) is 44.2 Å². The van der Waals surface area contributed by atoms with Gasteiger partial charge in [-0.15, -0.1) is 0 Å². The van der Waals surface area contributed by atoms with Crippen LogP contribution in [0.5, 0.6) is 0 Å². The Hall–Kier alpha value is -1.62. The third kappa shape index (κ3) is 4.87. The maximum atomic E-state index is 11.9. The Morgan fingerprint density at radius 3 is 3.00 bits per heavy atom. The van der Waals surface area contributed by atoms with Crippen LogP contribution in [0.1, 0.15) is 35.3 Å². The summed E-state index contributed by atoms with van der Waals surface area (Å²) < 4.78 is 5.50. The Morgan fingerprint density at radius 1 is 1.53 bits per heavy atom. The number of aryl methyl sites for hydroxylation is 1. The van der Waals surface area contributed by atoms with Crippen molar-refractivity contribution in [2.24, 2.45) is 5.92 Å². The number of carbonyl (C=O) groups is 1. The molecular formula is C14H21N3O2. The van der Waals surface area contributed by atoms with Gasteiger partial charge < -0.3 is 15.8 Å². The molecule has 0 unspecified atom stereocenters. The molecule has 0 bridgehead atoms. The van der Waals surface area contributed by atoms with E-state index in [9.17, 15) is 4.79 Å². The molecule has 1 aliphatic rings. The molecule has 1 saturated carbocycles. The molecule has 104 valence electrons. The summed E-state index contributed by atoms with van der Waals surface area (Å²) in [6.45, 7) is 4.01. The minimum absolute atomic E-state index is 0.112. The summed E-state index contributed by atoms with van der Waals surface area (Å²) in [6, 6.07) is 3.32. The Bertz CT molecular complexity index is 424. The fourth-order valence-corrected chi connectivity index (χ4v) is 1.84. The third-order valence-electron chi connectivity index (χ3n) is 3.04. The van der Waals surface area contributed by atoms with E-state index in [0.29, 0.717) is 24.5 Å². The summed E-state index contributed by atoms with van der Waals surface area (Å²) in [5, 5.41) is 2.85. The second-order valence-corrected chi connectivity index (χ2v) is 5.05. The van der Waals surface area contributed by atoms with Gasteiger partial charge in [0.2, 0.25) is 0 Å². The number of hydrogen-bond acceptors (Lipinski definition) is 4. The number of nitrogens with two attached hydrogens (primary N) is 1. The number of amides is 1. The first-order valence-electron chi connectivity index (χ1n) is 6.75. The highest BCUT2D eigenvalue weighted by molar-refractivity contribution is 5.94. The molecule has 0 radical (unpaired) electrons. The summed E-state index contributed by atoms with van der Waals surface area (Å²) in [5.41, 5.74) is 6.92. The molecule has 0 saturated heterocycles. The summed E-state index contributed by atoms with van der Waals surface area (Å²) in [6.07, 6.45) is 3.44. The molecule has 1 aliphatic carbocycles. The molecule has 0 aromatic carbocycles. The SMILES string of the molecule is Cc1cc(C(=O)NCCCOCC2CC2)cc(N)n1. The van der Waals surface area contributed by atoms with Crippen LogP contribution in [0.25, 0.3) is 0 Å². The van der Waals surface area contributed by atoms with Gasteiger partial charge in [0.05, 0.1) is 0 Å². The van der Waals surface area contributed by atoms with Crippen molar-refractivity contribution in [2.45, 2.75) is 26.2 Å².